The van der Waals surface area contributed by atoms with E-state index in [0.717, 1.165) is 30.5 Å². The van der Waals surface area contributed by atoms with Crippen molar-refractivity contribution in [2.75, 3.05) is 0 Å². The average molecular weight is 240 g/mol. The SMILES string of the molecule is NC1(c2ccccc2)CCc2[nH]c(=O)ccc2C1. The van der Waals surface area contributed by atoms with Crippen LogP contribution in [-0.4, -0.2) is 4.98 Å². The molecule has 0 spiro atoms. The first-order valence-electron chi connectivity index (χ1n) is 6.23. The molecule has 0 bridgehead atoms. The number of rotatable bonds is 1. The fourth-order valence-electron chi connectivity index (χ4n) is 2.73. The molecule has 1 heterocycles. The Bertz CT molecular complexity index is 618. The number of pyridine rings is 1. The summed E-state index contributed by atoms with van der Waals surface area (Å²) in [4.78, 5) is 14.2. The van der Waals surface area contributed by atoms with Crippen molar-refractivity contribution in [3.05, 3.63) is 69.6 Å². The van der Waals surface area contributed by atoms with Gasteiger partial charge in [0, 0.05) is 17.3 Å². The first-order chi connectivity index (χ1) is 8.67. The van der Waals surface area contributed by atoms with Crippen molar-refractivity contribution in [3.8, 4) is 0 Å². The van der Waals surface area contributed by atoms with Gasteiger partial charge in [0.25, 0.3) is 0 Å². The number of hydrogen-bond donors (Lipinski definition) is 2. The van der Waals surface area contributed by atoms with Crippen molar-refractivity contribution < 1.29 is 0 Å². The van der Waals surface area contributed by atoms with E-state index >= 15 is 0 Å². The lowest BCUT2D eigenvalue weighted by Crippen LogP contribution is -2.42. The van der Waals surface area contributed by atoms with Crippen molar-refractivity contribution in [2.24, 2.45) is 5.73 Å². The minimum absolute atomic E-state index is 0.0296. The molecular weight excluding hydrogens is 224 g/mol. The van der Waals surface area contributed by atoms with Gasteiger partial charge in [-0.25, -0.2) is 0 Å². The van der Waals surface area contributed by atoms with Crippen LogP contribution in [0.4, 0.5) is 0 Å². The Balaban J connectivity index is 2.00. The van der Waals surface area contributed by atoms with Gasteiger partial charge in [-0.15, -0.1) is 0 Å². The van der Waals surface area contributed by atoms with Gasteiger partial charge in [-0.05, 0) is 30.4 Å². The maximum Gasteiger partial charge on any atom is 0.248 e. The summed E-state index contributed by atoms with van der Waals surface area (Å²) < 4.78 is 0. The van der Waals surface area contributed by atoms with Crippen molar-refractivity contribution in [1.29, 1.82) is 0 Å². The molecule has 1 aromatic heterocycles. The standard InChI is InChI=1S/C15H16N2O/c16-15(12-4-2-1-3-5-12)9-8-13-11(10-15)6-7-14(18)17-13/h1-7H,8-10,16H2,(H,17,18). The molecule has 0 saturated carbocycles. The van der Waals surface area contributed by atoms with Crippen LogP contribution in [0.3, 0.4) is 0 Å². The Labute approximate surface area is 106 Å². The molecule has 3 rings (SSSR count). The lowest BCUT2D eigenvalue weighted by molar-refractivity contribution is 0.381. The van der Waals surface area contributed by atoms with Crippen LogP contribution >= 0.6 is 0 Å². The molecule has 1 aliphatic rings. The van der Waals surface area contributed by atoms with Crippen molar-refractivity contribution in [3.63, 3.8) is 0 Å². The number of benzene rings is 1. The maximum atomic E-state index is 11.3. The van der Waals surface area contributed by atoms with E-state index in [9.17, 15) is 4.79 Å². The number of fused-ring (bicyclic) bond motifs is 1. The highest BCUT2D eigenvalue weighted by atomic mass is 16.1. The second-order valence-corrected chi connectivity index (χ2v) is 5.03. The summed E-state index contributed by atoms with van der Waals surface area (Å²) >= 11 is 0. The first kappa shape index (κ1) is 11.2. The molecule has 18 heavy (non-hydrogen) atoms. The van der Waals surface area contributed by atoms with Gasteiger partial charge < -0.3 is 10.7 Å². The molecule has 0 aliphatic heterocycles. The third-order valence-electron chi connectivity index (χ3n) is 3.77. The molecule has 1 atom stereocenters. The largest absolute Gasteiger partial charge is 0.326 e. The number of aromatic amines is 1. The van der Waals surface area contributed by atoms with Crippen molar-refractivity contribution in [2.45, 2.75) is 24.8 Å². The van der Waals surface area contributed by atoms with Gasteiger partial charge in [0.1, 0.15) is 0 Å². The van der Waals surface area contributed by atoms with Crippen LogP contribution in [0.1, 0.15) is 23.2 Å². The second kappa shape index (κ2) is 4.10. The van der Waals surface area contributed by atoms with Gasteiger partial charge in [0.15, 0.2) is 0 Å². The van der Waals surface area contributed by atoms with Crippen LogP contribution in [-0.2, 0) is 18.4 Å². The third kappa shape index (κ3) is 1.87. The third-order valence-corrected chi connectivity index (χ3v) is 3.77. The Morgan fingerprint density at radius 1 is 1.11 bits per heavy atom. The Kier molecular flexibility index (Phi) is 2.56. The highest BCUT2D eigenvalue weighted by molar-refractivity contribution is 5.33. The zero-order valence-corrected chi connectivity index (χ0v) is 10.1. The van der Waals surface area contributed by atoms with E-state index in [-0.39, 0.29) is 11.1 Å². The number of aryl methyl sites for hydroxylation is 1. The summed E-state index contributed by atoms with van der Waals surface area (Å²) in [5.74, 6) is 0. The molecule has 3 heteroatoms. The van der Waals surface area contributed by atoms with E-state index in [4.69, 9.17) is 5.73 Å². The molecule has 1 unspecified atom stereocenters. The predicted molar refractivity (Wildman–Crippen MR) is 71.4 cm³/mol. The number of aromatic nitrogens is 1. The van der Waals surface area contributed by atoms with Crippen LogP contribution in [0.15, 0.2) is 47.3 Å². The van der Waals surface area contributed by atoms with Crippen LogP contribution in [0.5, 0.6) is 0 Å². The van der Waals surface area contributed by atoms with Crippen molar-refractivity contribution in [1.82, 2.24) is 4.98 Å². The van der Waals surface area contributed by atoms with Gasteiger partial charge in [-0.3, -0.25) is 4.79 Å². The second-order valence-electron chi connectivity index (χ2n) is 5.03. The highest BCUT2D eigenvalue weighted by Gasteiger charge is 2.32. The fraction of sp³-hybridized carbons (Fsp3) is 0.267. The smallest absolute Gasteiger partial charge is 0.248 e. The Hall–Kier alpha value is -1.87. The number of nitrogens with one attached hydrogen (secondary N) is 1. The molecule has 3 N–H and O–H groups in total. The monoisotopic (exact) mass is 240 g/mol. The Morgan fingerprint density at radius 3 is 2.67 bits per heavy atom. The fourth-order valence-corrected chi connectivity index (χ4v) is 2.73. The van der Waals surface area contributed by atoms with Crippen LogP contribution in [0, 0.1) is 0 Å². The first-order valence-corrected chi connectivity index (χ1v) is 6.23. The van der Waals surface area contributed by atoms with E-state index in [1.807, 2.05) is 24.3 Å². The molecule has 1 aliphatic carbocycles. The quantitative estimate of drug-likeness (QED) is 0.797. The van der Waals surface area contributed by atoms with E-state index in [2.05, 4.69) is 17.1 Å². The molecule has 0 amide bonds. The van der Waals surface area contributed by atoms with Crippen LogP contribution in [0.25, 0.3) is 0 Å². The topological polar surface area (TPSA) is 58.9 Å². The molecular formula is C15H16N2O. The van der Waals surface area contributed by atoms with Crippen LogP contribution < -0.4 is 11.3 Å². The van der Waals surface area contributed by atoms with E-state index < -0.39 is 0 Å². The lowest BCUT2D eigenvalue weighted by Gasteiger charge is -2.35. The summed E-state index contributed by atoms with van der Waals surface area (Å²) in [6, 6.07) is 13.7. The number of nitrogens with two attached hydrogens (primary N) is 1. The maximum absolute atomic E-state index is 11.3. The summed E-state index contributed by atoms with van der Waals surface area (Å²) in [7, 11) is 0. The van der Waals surface area contributed by atoms with Gasteiger partial charge >= 0.3 is 0 Å². The Morgan fingerprint density at radius 2 is 1.89 bits per heavy atom. The van der Waals surface area contributed by atoms with Gasteiger partial charge in [0.2, 0.25) is 5.56 Å². The summed E-state index contributed by atoms with van der Waals surface area (Å²) in [6.07, 6.45) is 2.48. The summed E-state index contributed by atoms with van der Waals surface area (Å²) in [5.41, 5.74) is 9.57. The van der Waals surface area contributed by atoms with Crippen LogP contribution in [0.2, 0.25) is 0 Å². The molecule has 0 saturated heterocycles. The molecule has 3 nitrogen and oxygen atoms in total. The lowest BCUT2D eigenvalue weighted by atomic mass is 9.76. The molecule has 2 aromatic rings. The number of H-pyrrole nitrogens is 1. The summed E-state index contributed by atoms with van der Waals surface area (Å²) in [6.45, 7) is 0. The number of hydrogen-bond acceptors (Lipinski definition) is 2. The average Bonchev–Trinajstić information content (AvgIpc) is 2.40. The van der Waals surface area contributed by atoms with Gasteiger partial charge in [-0.1, -0.05) is 36.4 Å². The van der Waals surface area contributed by atoms with Gasteiger partial charge in [0.05, 0.1) is 0 Å². The van der Waals surface area contributed by atoms with Crippen molar-refractivity contribution >= 4 is 0 Å². The zero-order valence-electron chi connectivity index (χ0n) is 10.1. The molecule has 1 aromatic carbocycles. The van der Waals surface area contributed by atoms with E-state index in [1.165, 1.54) is 5.56 Å². The molecule has 0 fully saturated rings. The van der Waals surface area contributed by atoms with E-state index in [1.54, 1.807) is 6.07 Å². The van der Waals surface area contributed by atoms with E-state index in [0.29, 0.717) is 0 Å². The normalized spacial score (nSPS) is 22.5. The summed E-state index contributed by atoms with van der Waals surface area (Å²) in [5, 5.41) is 0. The highest BCUT2D eigenvalue weighted by Crippen LogP contribution is 2.32. The minimum Gasteiger partial charge on any atom is -0.326 e. The minimum atomic E-state index is -0.313. The molecule has 92 valence electrons. The predicted octanol–water partition coefficient (Wildman–Crippen LogP) is 1.72. The zero-order chi connectivity index (χ0) is 12.6. The molecule has 0 radical (unpaired) electrons. The van der Waals surface area contributed by atoms with Gasteiger partial charge in [-0.2, -0.15) is 0 Å².